The number of nitrogens with zero attached hydrogens (tertiary/aromatic N) is 2. The van der Waals surface area contributed by atoms with Crippen molar-refractivity contribution in [2.75, 3.05) is 13.7 Å². The molecule has 0 saturated carbocycles. The fraction of sp³-hybridized carbons (Fsp3) is 0.467. The first-order valence-corrected chi connectivity index (χ1v) is 6.96. The van der Waals surface area contributed by atoms with Crippen LogP contribution in [0, 0.1) is 0 Å². The third-order valence-corrected chi connectivity index (χ3v) is 3.03. The molecule has 6 nitrogen and oxygen atoms in total. The quantitative estimate of drug-likeness (QED) is 0.842. The van der Waals surface area contributed by atoms with Gasteiger partial charge in [-0.2, -0.15) is 4.98 Å². The lowest BCUT2D eigenvalue weighted by Crippen LogP contribution is -2.06. The van der Waals surface area contributed by atoms with Crippen molar-refractivity contribution in [3.8, 4) is 11.5 Å². The van der Waals surface area contributed by atoms with Gasteiger partial charge in [-0.3, -0.25) is 0 Å². The van der Waals surface area contributed by atoms with Gasteiger partial charge in [0.1, 0.15) is 11.5 Å². The second kappa shape index (κ2) is 7.08. The highest BCUT2D eigenvalue weighted by Crippen LogP contribution is 2.25. The summed E-state index contributed by atoms with van der Waals surface area (Å²) in [5.74, 6) is 2.92. The van der Waals surface area contributed by atoms with E-state index in [0.29, 0.717) is 24.7 Å². The third-order valence-electron chi connectivity index (χ3n) is 3.03. The van der Waals surface area contributed by atoms with Gasteiger partial charge in [-0.15, -0.1) is 0 Å². The Kier molecular flexibility index (Phi) is 5.16. The van der Waals surface area contributed by atoms with Crippen molar-refractivity contribution >= 4 is 0 Å². The molecule has 21 heavy (non-hydrogen) atoms. The fourth-order valence-electron chi connectivity index (χ4n) is 1.88. The lowest BCUT2D eigenvalue weighted by Gasteiger charge is -2.11. The molecule has 0 saturated heterocycles. The molecule has 0 atom stereocenters. The molecule has 0 amide bonds. The van der Waals surface area contributed by atoms with Crippen LogP contribution in [0.25, 0.3) is 0 Å². The maximum absolute atomic E-state index is 5.76. The van der Waals surface area contributed by atoms with E-state index in [2.05, 4.69) is 10.1 Å². The van der Waals surface area contributed by atoms with Crippen LogP contribution in [0.15, 0.2) is 22.7 Å². The molecular weight excluding hydrogens is 270 g/mol. The average Bonchev–Trinajstić information content (AvgIpc) is 2.95. The summed E-state index contributed by atoms with van der Waals surface area (Å²) in [6.07, 6.45) is 0.716. The van der Waals surface area contributed by atoms with Crippen LogP contribution < -0.4 is 15.2 Å². The Bertz CT molecular complexity index is 581. The van der Waals surface area contributed by atoms with Crippen LogP contribution >= 0.6 is 0 Å². The second-order valence-corrected chi connectivity index (χ2v) is 5.00. The highest BCUT2D eigenvalue weighted by atomic mass is 16.5. The van der Waals surface area contributed by atoms with Gasteiger partial charge in [-0.1, -0.05) is 19.0 Å². The van der Waals surface area contributed by atoms with Crippen molar-refractivity contribution in [2.24, 2.45) is 5.73 Å². The van der Waals surface area contributed by atoms with Crippen LogP contribution in [-0.2, 0) is 13.0 Å². The standard InChI is InChI=1S/C15H21N3O3/c1-10(2)15-17-14(21-18-15)9-20-13-5-4-12(19-3)8-11(13)6-7-16/h4-5,8,10H,6-7,9,16H2,1-3H3. The topological polar surface area (TPSA) is 83.4 Å². The van der Waals surface area contributed by atoms with E-state index in [1.54, 1.807) is 7.11 Å². The summed E-state index contributed by atoms with van der Waals surface area (Å²) in [5, 5.41) is 3.91. The molecule has 0 aliphatic rings. The Balaban J connectivity index is 2.07. The smallest absolute Gasteiger partial charge is 0.264 e. The normalized spacial score (nSPS) is 10.9. The van der Waals surface area contributed by atoms with Crippen LogP contribution in [0.3, 0.4) is 0 Å². The number of methoxy groups -OCH3 is 1. The van der Waals surface area contributed by atoms with Crippen molar-refractivity contribution in [1.29, 1.82) is 0 Å². The van der Waals surface area contributed by atoms with Crippen LogP contribution in [0.5, 0.6) is 11.5 Å². The van der Waals surface area contributed by atoms with Crippen LogP contribution in [0.2, 0.25) is 0 Å². The van der Waals surface area contributed by atoms with Gasteiger partial charge in [0.2, 0.25) is 0 Å². The largest absolute Gasteiger partial charge is 0.497 e. The van der Waals surface area contributed by atoms with Gasteiger partial charge in [-0.05, 0) is 36.7 Å². The number of hydrogen-bond donors (Lipinski definition) is 1. The molecule has 0 radical (unpaired) electrons. The minimum absolute atomic E-state index is 0.233. The summed E-state index contributed by atoms with van der Waals surface area (Å²) in [6.45, 7) is 4.81. The zero-order chi connectivity index (χ0) is 15.2. The van der Waals surface area contributed by atoms with Crippen LogP contribution in [0.1, 0.15) is 37.0 Å². The average molecular weight is 291 g/mol. The SMILES string of the molecule is COc1ccc(OCc2nc(C(C)C)no2)c(CCN)c1. The van der Waals surface area contributed by atoms with E-state index in [4.69, 9.17) is 19.7 Å². The van der Waals surface area contributed by atoms with E-state index < -0.39 is 0 Å². The molecule has 0 unspecified atom stereocenters. The molecule has 114 valence electrons. The zero-order valence-electron chi connectivity index (χ0n) is 12.6. The second-order valence-electron chi connectivity index (χ2n) is 5.00. The molecule has 2 aromatic rings. The molecule has 6 heteroatoms. The highest BCUT2D eigenvalue weighted by molar-refractivity contribution is 5.40. The van der Waals surface area contributed by atoms with Gasteiger partial charge in [0, 0.05) is 5.92 Å². The van der Waals surface area contributed by atoms with E-state index in [0.717, 1.165) is 17.1 Å². The minimum Gasteiger partial charge on any atom is -0.497 e. The summed E-state index contributed by atoms with van der Waals surface area (Å²) in [4.78, 5) is 4.28. The summed E-state index contributed by atoms with van der Waals surface area (Å²) in [5.41, 5.74) is 6.63. The van der Waals surface area contributed by atoms with Gasteiger partial charge in [0.25, 0.3) is 5.89 Å². The van der Waals surface area contributed by atoms with E-state index in [1.807, 2.05) is 32.0 Å². The Morgan fingerprint density at radius 1 is 1.33 bits per heavy atom. The molecular formula is C15H21N3O3. The van der Waals surface area contributed by atoms with Gasteiger partial charge in [-0.25, -0.2) is 0 Å². The molecule has 2 N–H and O–H groups in total. The van der Waals surface area contributed by atoms with Gasteiger partial charge in [0.05, 0.1) is 7.11 Å². The summed E-state index contributed by atoms with van der Waals surface area (Å²) >= 11 is 0. The first-order valence-electron chi connectivity index (χ1n) is 6.96. The van der Waals surface area contributed by atoms with Gasteiger partial charge < -0.3 is 19.7 Å². The number of hydrogen-bond acceptors (Lipinski definition) is 6. The first kappa shape index (κ1) is 15.3. The predicted octanol–water partition coefficient (Wildman–Crippen LogP) is 2.28. The van der Waals surface area contributed by atoms with Crippen molar-refractivity contribution < 1.29 is 14.0 Å². The molecule has 1 aromatic heterocycles. The maximum atomic E-state index is 5.76. The fourth-order valence-corrected chi connectivity index (χ4v) is 1.88. The molecule has 0 bridgehead atoms. The molecule has 0 fully saturated rings. The van der Waals surface area contributed by atoms with Crippen LogP contribution in [-0.4, -0.2) is 23.8 Å². The molecule has 0 aliphatic carbocycles. The molecule has 1 heterocycles. The third kappa shape index (κ3) is 3.95. The van der Waals surface area contributed by atoms with Crippen molar-refractivity contribution in [3.63, 3.8) is 0 Å². The number of aromatic nitrogens is 2. The Labute approximate surface area is 124 Å². The van der Waals surface area contributed by atoms with Gasteiger partial charge >= 0.3 is 0 Å². The zero-order valence-corrected chi connectivity index (χ0v) is 12.6. The Morgan fingerprint density at radius 2 is 2.14 bits per heavy atom. The van der Waals surface area contributed by atoms with Crippen molar-refractivity contribution in [3.05, 3.63) is 35.5 Å². The first-order chi connectivity index (χ1) is 10.1. The van der Waals surface area contributed by atoms with E-state index in [9.17, 15) is 0 Å². The number of nitrogens with two attached hydrogens (primary N) is 1. The van der Waals surface area contributed by atoms with E-state index in [-0.39, 0.29) is 12.5 Å². The van der Waals surface area contributed by atoms with Crippen molar-refractivity contribution in [1.82, 2.24) is 10.1 Å². The van der Waals surface area contributed by atoms with E-state index >= 15 is 0 Å². The number of benzene rings is 1. The Hall–Kier alpha value is -2.08. The van der Waals surface area contributed by atoms with E-state index in [1.165, 1.54) is 0 Å². The van der Waals surface area contributed by atoms with Crippen LogP contribution in [0.4, 0.5) is 0 Å². The minimum atomic E-state index is 0.233. The summed E-state index contributed by atoms with van der Waals surface area (Å²) in [7, 11) is 1.63. The molecule has 0 aliphatic heterocycles. The Morgan fingerprint density at radius 3 is 2.76 bits per heavy atom. The maximum Gasteiger partial charge on any atom is 0.264 e. The lowest BCUT2D eigenvalue weighted by molar-refractivity contribution is 0.240. The lowest BCUT2D eigenvalue weighted by atomic mass is 10.1. The number of ether oxygens (including phenoxy) is 2. The molecule has 0 spiro atoms. The summed E-state index contributed by atoms with van der Waals surface area (Å²) in [6, 6.07) is 5.64. The van der Waals surface area contributed by atoms with Crippen molar-refractivity contribution in [2.45, 2.75) is 32.8 Å². The predicted molar refractivity (Wildman–Crippen MR) is 78.5 cm³/mol. The van der Waals surface area contributed by atoms with Gasteiger partial charge in [0.15, 0.2) is 12.4 Å². The summed E-state index contributed by atoms with van der Waals surface area (Å²) < 4.78 is 16.1. The molecule has 1 aromatic carbocycles. The monoisotopic (exact) mass is 291 g/mol. The molecule has 2 rings (SSSR count). The number of rotatable bonds is 7. The highest BCUT2D eigenvalue weighted by Gasteiger charge is 2.11.